The number of aliphatic hydroxyl groups is 1. The number of hydrogen-bond acceptors (Lipinski definition) is 7. The molecule has 0 unspecified atom stereocenters. The number of aliphatic hydroxyl groups excluding tert-OH is 1. The van der Waals surface area contributed by atoms with Crippen LogP contribution < -0.4 is 4.74 Å². The van der Waals surface area contributed by atoms with E-state index in [4.69, 9.17) is 14.7 Å². The molecule has 0 saturated heterocycles. The van der Waals surface area contributed by atoms with Gasteiger partial charge in [0.2, 0.25) is 0 Å². The predicted octanol–water partition coefficient (Wildman–Crippen LogP) is 2.85. The number of carbonyl (C=O) groups is 1. The Morgan fingerprint density at radius 1 is 1.11 bits per heavy atom. The van der Waals surface area contributed by atoms with Crippen molar-refractivity contribution in [3.05, 3.63) is 65.7 Å². The normalized spacial score (nSPS) is 11.2. The first-order chi connectivity index (χ1) is 13.6. The van der Waals surface area contributed by atoms with E-state index in [1.54, 1.807) is 42.5 Å². The van der Waals surface area contributed by atoms with Crippen molar-refractivity contribution in [1.29, 1.82) is 10.5 Å². The first kappa shape index (κ1) is 18.5. The van der Waals surface area contributed by atoms with Gasteiger partial charge < -0.3 is 19.6 Å². The highest BCUT2D eigenvalue weighted by molar-refractivity contribution is 5.83. The third-order valence-electron chi connectivity index (χ3n) is 3.74. The van der Waals surface area contributed by atoms with E-state index in [-0.39, 0.29) is 18.0 Å². The monoisotopic (exact) mass is 374 g/mol. The number of carbonyl (C=O) groups excluding carboxylic acids is 1. The number of nitrogens with one attached hydrogen (secondary N) is 1. The van der Waals surface area contributed by atoms with Crippen molar-refractivity contribution in [2.75, 3.05) is 13.2 Å². The number of hydrogen-bond donors (Lipinski definition) is 2. The van der Waals surface area contributed by atoms with E-state index in [9.17, 15) is 15.2 Å². The number of aromatic amines is 1. The second kappa shape index (κ2) is 8.39. The molecule has 2 aromatic carbocycles. The molecule has 0 fully saturated rings. The fourth-order valence-corrected chi connectivity index (χ4v) is 2.36. The molecule has 28 heavy (non-hydrogen) atoms. The molecule has 0 aliphatic rings. The van der Waals surface area contributed by atoms with E-state index in [0.717, 1.165) is 0 Å². The van der Waals surface area contributed by atoms with Gasteiger partial charge in [0, 0.05) is 0 Å². The molecule has 0 aliphatic carbocycles. The highest BCUT2D eigenvalue weighted by Gasteiger charge is 2.15. The number of nitriles is 2. The van der Waals surface area contributed by atoms with E-state index in [0.29, 0.717) is 22.3 Å². The number of allylic oxidation sites excluding steroid dienone is 1. The lowest BCUT2D eigenvalue weighted by Gasteiger charge is -2.07. The van der Waals surface area contributed by atoms with Gasteiger partial charge >= 0.3 is 5.97 Å². The van der Waals surface area contributed by atoms with Crippen LogP contribution in [-0.2, 0) is 9.53 Å². The molecule has 2 N–H and O–H groups in total. The van der Waals surface area contributed by atoms with Crippen molar-refractivity contribution in [3.63, 3.8) is 0 Å². The SMILES string of the molecule is N#C/C(=C(/O)COC(=O)COc1ccc(C#N)cc1)c1nc2ccccc2[nH]1. The molecule has 0 bridgehead atoms. The van der Waals surface area contributed by atoms with Crippen LogP contribution in [0.5, 0.6) is 5.75 Å². The van der Waals surface area contributed by atoms with Crippen LogP contribution in [0.2, 0.25) is 0 Å². The number of rotatable bonds is 6. The molecule has 0 radical (unpaired) electrons. The number of fused-ring (bicyclic) bond motifs is 1. The molecule has 0 spiro atoms. The Morgan fingerprint density at radius 2 is 1.86 bits per heavy atom. The maximum absolute atomic E-state index is 11.8. The number of para-hydroxylation sites is 2. The number of benzene rings is 2. The molecular weight excluding hydrogens is 360 g/mol. The molecule has 3 aromatic rings. The lowest BCUT2D eigenvalue weighted by Crippen LogP contribution is -2.16. The standard InChI is InChI=1S/C20H14N4O4/c21-9-13-5-7-14(8-6-13)27-12-19(26)28-11-18(25)15(10-22)20-23-16-3-1-2-4-17(16)24-20/h1-8,25H,11-12H2,(H,23,24)/b18-15-. The summed E-state index contributed by atoms with van der Waals surface area (Å²) >= 11 is 0. The summed E-state index contributed by atoms with van der Waals surface area (Å²) in [5.41, 5.74) is 1.72. The van der Waals surface area contributed by atoms with Crippen LogP contribution in [0.1, 0.15) is 11.4 Å². The molecule has 138 valence electrons. The van der Waals surface area contributed by atoms with Gasteiger partial charge in [0.25, 0.3) is 0 Å². The summed E-state index contributed by atoms with van der Waals surface area (Å²) in [5.74, 6) is -0.562. The number of esters is 1. The zero-order valence-electron chi connectivity index (χ0n) is 14.5. The summed E-state index contributed by atoms with van der Waals surface area (Å²) in [6.45, 7) is -0.874. The highest BCUT2D eigenvalue weighted by Crippen LogP contribution is 2.19. The molecule has 8 nitrogen and oxygen atoms in total. The van der Waals surface area contributed by atoms with Gasteiger partial charge in [0.1, 0.15) is 24.0 Å². The molecule has 3 rings (SSSR count). The van der Waals surface area contributed by atoms with Crippen molar-refractivity contribution >= 4 is 22.6 Å². The maximum atomic E-state index is 11.8. The Kier molecular flexibility index (Phi) is 5.54. The Hall–Kier alpha value is -4.30. The molecule has 0 amide bonds. The van der Waals surface area contributed by atoms with Crippen LogP contribution in [0, 0.1) is 22.7 Å². The average molecular weight is 374 g/mol. The zero-order chi connectivity index (χ0) is 19.9. The van der Waals surface area contributed by atoms with Crippen molar-refractivity contribution < 1.29 is 19.4 Å². The minimum atomic E-state index is -0.724. The Bertz CT molecular complexity index is 1080. The lowest BCUT2D eigenvalue weighted by molar-refractivity contribution is -0.145. The smallest absolute Gasteiger partial charge is 0.344 e. The maximum Gasteiger partial charge on any atom is 0.344 e. The van der Waals surface area contributed by atoms with Gasteiger partial charge in [-0.1, -0.05) is 12.1 Å². The van der Waals surface area contributed by atoms with Gasteiger partial charge in [-0.05, 0) is 36.4 Å². The van der Waals surface area contributed by atoms with Gasteiger partial charge in [-0.15, -0.1) is 0 Å². The first-order valence-corrected chi connectivity index (χ1v) is 8.16. The van der Waals surface area contributed by atoms with Gasteiger partial charge in [-0.3, -0.25) is 0 Å². The fraction of sp³-hybridized carbons (Fsp3) is 0.100. The Labute approximate surface area is 159 Å². The molecule has 8 heteroatoms. The zero-order valence-corrected chi connectivity index (χ0v) is 14.5. The number of aromatic nitrogens is 2. The number of ether oxygens (including phenoxy) is 2. The summed E-state index contributed by atoms with van der Waals surface area (Å²) in [7, 11) is 0. The molecule has 1 heterocycles. The predicted molar refractivity (Wildman–Crippen MR) is 98.9 cm³/mol. The highest BCUT2D eigenvalue weighted by atomic mass is 16.6. The van der Waals surface area contributed by atoms with Crippen LogP contribution in [-0.4, -0.2) is 34.3 Å². The minimum absolute atomic E-state index is 0.114. The minimum Gasteiger partial charge on any atom is -0.507 e. The molecule has 0 atom stereocenters. The van der Waals surface area contributed by atoms with Crippen molar-refractivity contribution in [3.8, 4) is 17.9 Å². The van der Waals surface area contributed by atoms with Gasteiger partial charge in [0.05, 0.1) is 22.7 Å². The average Bonchev–Trinajstić information content (AvgIpc) is 3.15. The van der Waals surface area contributed by atoms with E-state index in [1.807, 2.05) is 18.2 Å². The fourth-order valence-electron chi connectivity index (χ4n) is 2.36. The Morgan fingerprint density at radius 3 is 2.54 bits per heavy atom. The Balaban J connectivity index is 1.60. The van der Waals surface area contributed by atoms with E-state index in [2.05, 4.69) is 9.97 Å². The third-order valence-corrected chi connectivity index (χ3v) is 3.74. The summed E-state index contributed by atoms with van der Waals surface area (Å²) in [5, 5.41) is 28.2. The molecular formula is C20H14N4O4. The van der Waals surface area contributed by atoms with Gasteiger partial charge in [-0.25, -0.2) is 9.78 Å². The second-order valence-electron chi connectivity index (χ2n) is 5.62. The molecule has 0 aliphatic heterocycles. The third kappa shape index (κ3) is 4.26. The lowest BCUT2D eigenvalue weighted by atomic mass is 10.2. The largest absolute Gasteiger partial charge is 0.507 e. The van der Waals surface area contributed by atoms with E-state index < -0.39 is 18.3 Å². The van der Waals surface area contributed by atoms with Crippen molar-refractivity contribution in [1.82, 2.24) is 9.97 Å². The summed E-state index contributed by atoms with van der Waals surface area (Å²) in [6, 6.07) is 17.2. The van der Waals surface area contributed by atoms with Crippen LogP contribution in [0.4, 0.5) is 0 Å². The van der Waals surface area contributed by atoms with Crippen molar-refractivity contribution in [2.45, 2.75) is 0 Å². The van der Waals surface area contributed by atoms with Crippen LogP contribution in [0.25, 0.3) is 16.6 Å². The van der Waals surface area contributed by atoms with Crippen molar-refractivity contribution in [2.24, 2.45) is 0 Å². The number of nitrogens with zero attached hydrogens (tertiary/aromatic N) is 3. The number of imidazole rings is 1. The van der Waals surface area contributed by atoms with Gasteiger partial charge in [-0.2, -0.15) is 10.5 Å². The summed E-state index contributed by atoms with van der Waals surface area (Å²) < 4.78 is 10.2. The topological polar surface area (TPSA) is 132 Å². The quantitative estimate of drug-likeness (QED) is 0.385. The molecule has 0 saturated carbocycles. The van der Waals surface area contributed by atoms with Crippen LogP contribution in [0.15, 0.2) is 54.3 Å². The van der Waals surface area contributed by atoms with E-state index in [1.165, 1.54) is 0 Å². The summed E-state index contributed by atoms with van der Waals surface area (Å²) in [6.07, 6.45) is 0. The van der Waals surface area contributed by atoms with Crippen LogP contribution >= 0.6 is 0 Å². The second-order valence-corrected chi connectivity index (χ2v) is 5.62. The van der Waals surface area contributed by atoms with Gasteiger partial charge in [0.15, 0.2) is 18.2 Å². The number of H-pyrrole nitrogens is 1. The molecule has 1 aromatic heterocycles. The summed E-state index contributed by atoms with van der Waals surface area (Å²) in [4.78, 5) is 19.0. The first-order valence-electron chi connectivity index (χ1n) is 8.16. The van der Waals surface area contributed by atoms with E-state index >= 15 is 0 Å². The van der Waals surface area contributed by atoms with Crippen LogP contribution in [0.3, 0.4) is 0 Å².